The summed E-state index contributed by atoms with van der Waals surface area (Å²) in [5.41, 5.74) is 3.45. The van der Waals surface area contributed by atoms with Gasteiger partial charge in [-0.2, -0.15) is 10.2 Å². The minimum absolute atomic E-state index is 0.0639. The number of nitrogens with one attached hydrogen (secondary N) is 1. The van der Waals surface area contributed by atoms with Crippen molar-refractivity contribution in [1.82, 2.24) is 24.9 Å². The zero-order chi connectivity index (χ0) is 17.4. The predicted octanol–water partition coefficient (Wildman–Crippen LogP) is 2.63. The van der Waals surface area contributed by atoms with Crippen molar-refractivity contribution in [3.8, 4) is 11.3 Å². The summed E-state index contributed by atoms with van der Waals surface area (Å²) < 4.78 is 15.9. The van der Waals surface area contributed by atoms with Crippen LogP contribution in [0.3, 0.4) is 0 Å². The van der Waals surface area contributed by atoms with Crippen LogP contribution in [-0.2, 0) is 19.5 Å². The Morgan fingerprint density at radius 3 is 2.96 bits per heavy atom. The first-order valence-corrected chi connectivity index (χ1v) is 8.30. The molecule has 0 bridgehead atoms. The van der Waals surface area contributed by atoms with Gasteiger partial charge in [0.1, 0.15) is 11.5 Å². The van der Waals surface area contributed by atoms with Gasteiger partial charge in [0.15, 0.2) is 0 Å². The minimum Gasteiger partial charge on any atom is -0.334 e. The first-order valence-electron chi connectivity index (χ1n) is 8.30. The molecule has 4 rings (SSSR count). The smallest absolute Gasteiger partial charge is 0.257 e. The van der Waals surface area contributed by atoms with Crippen LogP contribution < -0.4 is 0 Å². The van der Waals surface area contributed by atoms with Gasteiger partial charge in [-0.05, 0) is 19.1 Å². The summed E-state index contributed by atoms with van der Waals surface area (Å²) in [4.78, 5) is 14.5. The molecule has 3 heterocycles. The molecule has 1 aromatic carbocycles. The Morgan fingerprint density at radius 1 is 1.36 bits per heavy atom. The summed E-state index contributed by atoms with van der Waals surface area (Å²) in [7, 11) is 0. The van der Waals surface area contributed by atoms with E-state index in [1.807, 2.05) is 6.92 Å². The van der Waals surface area contributed by atoms with Crippen LogP contribution in [0.25, 0.3) is 11.3 Å². The van der Waals surface area contributed by atoms with Crippen LogP contribution in [0.1, 0.15) is 28.5 Å². The van der Waals surface area contributed by atoms with Crippen molar-refractivity contribution >= 4 is 5.91 Å². The highest BCUT2D eigenvalue weighted by atomic mass is 19.1. The Balaban J connectivity index is 1.64. The number of carbonyl (C=O) groups is 1. The Hall–Kier alpha value is -2.96. The van der Waals surface area contributed by atoms with Gasteiger partial charge in [-0.1, -0.05) is 12.1 Å². The fraction of sp³-hybridized carbons (Fsp3) is 0.278. The first kappa shape index (κ1) is 15.6. The zero-order valence-electron chi connectivity index (χ0n) is 13.9. The summed E-state index contributed by atoms with van der Waals surface area (Å²) in [6.45, 7) is 3.70. The monoisotopic (exact) mass is 339 g/mol. The number of fused-ring (bicyclic) bond motifs is 1. The molecule has 0 fully saturated rings. The lowest BCUT2D eigenvalue weighted by Gasteiger charge is -2.26. The topological polar surface area (TPSA) is 66.8 Å². The van der Waals surface area contributed by atoms with Gasteiger partial charge in [0.05, 0.1) is 11.8 Å². The highest BCUT2D eigenvalue weighted by molar-refractivity contribution is 5.94. The molecule has 0 spiro atoms. The SMILES string of the molecule is CCn1cc(C(=O)N2CCc3[nH]nc(-c4ccccc4F)c3C2)cn1. The molecule has 0 radical (unpaired) electrons. The maximum atomic E-state index is 14.1. The molecule has 128 valence electrons. The van der Waals surface area contributed by atoms with E-state index in [1.165, 1.54) is 6.07 Å². The predicted molar refractivity (Wildman–Crippen MR) is 90.3 cm³/mol. The molecule has 6 nitrogen and oxygen atoms in total. The van der Waals surface area contributed by atoms with Gasteiger partial charge in [-0.3, -0.25) is 14.6 Å². The molecule has 0 aliphatic carbocycles. The number of halogens is 1. The van der Waals surface area contributed by atoms with Crippen LogP contribution >= 0.6 is 0 Å². The van der Waals surface area contributed by atoms with E-state index >= 15 is 0 Å². The third kappa shape index (κ3) is 2.71. The Morgan fingerprint density at radius 2 is 2.20 bits per heavy atom. The average molecular weight is 339 g/mol. The summed E-state index contributed by atoms with van der Waals surface area (Å²) in [6, 6.07) is 6.56. The molecule has 7 heteroatoms. The number of carbonyl (C=O) groups excluding carboxylic acids is 1. The number of aromatic amines is 1. The third-order valence-electron chi connectivity index (χ3n) is 4.55. The fourth-order valence-electron chi connectivity index (χ4n) is 3.17. The second kappa shape index (κ2) is 6.16. The molecule has 25 heavy (non-hydrogen) atoms. The van der Waals surface area contributed by atoms with Crippen molar-refractivity contribution in [1.29, 1.82) is 0 Å². The third-order valence-corrected chi connectivity index (χ3v) is 4.55. The number of aryl methyl sites for hydroxylation is 1. The molecule has 0 unspecified atom stereocenters. The zero-order valence-corrected chi connectivity index (χ0v) is 13.9. The molecule has 1 aliphatic rings. The van der Waals surface area contributed by atoms with Gasteiger partial charge < -0.3 is 4.90 Å². The van der Waals surface area contributed by atoms with E-state index in [1.54, 1.807) is 40.2 Å². The maximum absolute atomic E-state index is 14.1. The van der Waals surface area contributed by atoms with Crippen molar-refractivity contribution in [3.63, 3.8) is 0 Å². The van der Waals surface area contributed by atoms with Crippen LogP contribution in [0.15, 0.2) is 36.7 Å². The fourth-order valence-corrected chi connectivity index (χ4v) is 3.17. The lowest BCUT2D eigenvalue weighted by molar-refractivity contribution is 0.0734. The highest BCUT2D eigenvalue weighted by Gasteiger charge is 2.27. The molecule has 1 aliphatic heterocycles. The quantitative estimate of drug-likeness (QED) is 0.798. The number of aromatic nitrogens is 4. The van der Waals surface area contributed by atoms with Crippen molar-refractivity contribution in [2.45, 2.75) is 26.4 Å². The molecular weight excluding hydrogens is 321 g/mol. The maximum Gasteiger partial charge on any atom is 0.257 e. The van der Waals surface area contributed by atoms with E-state index in [-0.39, 0.29) is 11.7 Å². The largest absolute Gasteiger partial charge is 0.334 e. The summed E-state index contributed by atoms with van der Waals surface area (Å²) in [5, 5.41) is 11.4. The second-order valence-electron chi connectivity index (χ2n) is 6.07. The van der Waals surface area contributed by atoms with Crippen molar-refractivity contribution in [2.75, 3.05) is 6.54 Å². The van der Waals surface area contributed by atoms with Crippen molar-refractivity contribution < 1.29 is 9.18 Å². The van der Waals surface area contributed by atoms with Crippen LogP contribution in [0.2, 0.25) is 0 Å². The second-order valence-corrected chi connectivity index (χ2v) is 6.07. The summed E-state index contributed by atoms with van der Waals surface area (Å²) >= 11 is 0. The summed E-state index contributed by atoms with van der Waals surface area (Å²) in [5.74, 6) is -0.379. The molecule has 1 N–H and O–H groups in total. The van der Waals surface area contributed by atoms with E-state index in [0.717, 1.165) is 17.8 Å². The molecule has 0 saturated heterocycles. The van der Waals surface area contributed by atoms with Gasteiger partial charge in [0, 0.05) is 49.1 Å². The van der Waals surface area contributed by atoms with Gasteiger partial charge in [-0.25, -0.2) is 4.39 Å². The first-order chi connectivity index (χ1) is 12.2. The number of rotatable bonds is 3. The van der Waals surface area contributed by atoms with Crippen molar-refractivity contribution in [3.05, 3.63) is 59.3 Å². The molecule has 3 aromatic rings. The van der Waals surface area contributed by atoms with Gasteiger partial charge in [0.25, 0.3) is 5.91 Å². The standard InChI is InChI=1S/C18H18FN5O/c1-2-24-10-12(9-20-24)18(25)23-8-7-16-14(11-23)17(22-21-16)13-5-3-4-6-15(13)19/h3-6,9-10H,2,7-8,11H2,1H3,(H,21,22). The van der Waals surface area contributed by atoms with E-state index in [9.17, 15) is 9.18 Å². The molecule has 0 atom stereocenters. The minimum atomic E-state index is -0.315. The van der Waals surface area contributed by atoms with E-state index in [0.29, 0.717) is 36.3 Å². The average Bonchev–Trinajstić information content (AvgIpc) is 3.28. The van der Waals surface area contributed by atoms with E-state index < -0.39 is 0 Å². The van der Waals surface area contributed by atoms with Gasteiger partial charge >= 0.3 is 0 Å². The van der Waals surface area contributed by atoms with Crippen LogP contribution in [-0.4, -0.2) is 37.3 Å². The number of benzene rings is 1. The lowest BCUT2D eigenvalue weighted by Crippen LogP contribution is -2.35. The number of nitrogens with zero attached hydrogens (tertiary/aromatic N) is 4. The Bertz CT molecular complexity index is 929. The number of amides is 1. The van der Waals surface area contributed by atoms with E-state index in [2.05, 4.69) is 15.3 Å². The van der Waals surface area contributed by atoms with Crippen molar-refractivity contribution in [2.24, 2.45) is 0 Å². The van der Waals surface area contributed by atoms with Crippen LogP contribution in [0, 0.1) is 5.82 Å². The van der Waals surface area contributed by atoms with E-state index in [4.69, 9.17) is 0 Å². The molecule has 2 aromatic heterocycles. The number of hydrogen-bond donors (Lipinski definition) is 1. The highest BCUT2D eigenvalue weighted by Crippen LogP contribution is 2.30. The molecule has 0 saturated carbocycles. The van der Waals surface area contributed by atoms with Gasteiger partial charge in [-0.15, -0.1) is 0 Å². The molecule has 1 amide bonds. The number of H-pyrrole nitrogens is 1. The van der Waals surface area contributed by atoms with Crippen LogP contribution in [0.5, 0.6) is 0 Å². The van der Waals surface area contributed by atoms with Crippen LogP contribution in [0.4, 0.5) is 4.39 Å². The molecular formula is C18H18FN5O. The summed E-state index contributed by atoms with van der Waals surface area (Å²) in [6.07, 6.45) is 4.02. The normalized spacial score (nSPS) is 13.8. The number of hydrogen-bond acceptors (Lipinski definition) is 3. The van der Waals surface area contributed by atoms with Gasteiger partial charge in [0.2, 0.25) is 0 Å². The lowest BCUT2D eigenvalue weighted by atomic mass is 10.0. The Kier molecular flexibility index (Phi) is 3.83. The Labute approximate surface area is 144 Å².